The summed E-state index contributed by atoms with van der Waals surface area (Å²) in [5, 5.41) is 6.99. The average molecular weight is 229 g/mol. The third-order valence-corrected chi connectivity index (χ3v) is 2.24. The van der Waals surface area contributed by atoms with Gasteiger partial charge < -0.3 is 19.3 Å². The SMILES string of the molecule is CNC(COC)Cc1nc(CCOC)no1. The number of rotatable bonds is 8. The molecule has 1 unspecified atom stereocenters. The minimum Gasteiger partial charge on any atom is -0.384 e. The van der Waals surface area contributed by atoms with Crippen LogP contribution in [0.15, 0.2) is 4.52 Å². The van der Waals surface area contributed by atoms with Crippen LogP contribution in [0.2, 0.25) is 0 Å². The summed E-state index contributed by atoms with van der Waals surface area (Å²) in [5.41, 5.74) is 0. The lowest BCUT2D eigenvalue weighted by atomic mass is 10.2. The Morgan fingerprint density at radius 1 is 1.38 bits per heavy atom. The van der Waals surface area contributed by atoms with Gasteiger partial charge in [0.1, 0.15) is 0 Å². The summed E-state index contributed by atoms with van der Waals surface area (Å²) in [6.07, 6.45) is 1.35. The van der Waals surface area contributed by atoms with E-state index in [1.54, 1.807) is 14.2 Å². The van der Waals surface area contributed by atoms with Gasteiger partial charge in [-0.25, -0.2) is 0 Å². The summed E-state index contributed by atoms with van der Waals surface area (Å²) in [4.78, 5) is 4.26. The molecule has 92 valence electrons. The van der Waals surface area contributed by atoms with Crippen LogP contribution in [0.5, 0.6) is 0 Å². The summed E-state index contributed by atoms with van der Waals surface area (Å²) in [5.74, 6) is 1.31. The molecule has 0 fully saturated rings. The maximum Gasteiger partial charge on any atom is 0.228 e. The van der Waals surface area contributed by atoms with Crippen LogP contribution in [-0.2, 0) is 22.3 Å². The molecule has 0 spiro atoms. The highest BCUT2D eigenvalue weighted by Gasteiger charge is 2.12. The van der Waals surface area contributed by atoms with Crippen LogP contribution in [-0.4, -0.2) is 50.7 Å². The third kappa shape index (κ3) is 4.26. The Bertz CT molecular complexity index is 291. The van der Waals surface area contributed by atoms with E-state index < -0.39 is 0 Å². The van der Waals surface area contributed by atoms with Crippen LogP contribution < -0.4 is 5.32 Å². The van der Waals surface area contributed by atoms with E-state index in [2.05, 4.69) is 15.5 Å². The van der Waals surface area contributed by atoms with Gasteiger partial charge in [0, 0.05) is 33.1 Å². The summed E-state index contributed by atoms with van der Waals surface area (Å²) in [7, 11) is 5.20. The number of aromatic nitrogens is 2. The van der Waals surface area contributed by atoms with Crippen molar-refractivity contribution in [2.75, 3.05) is 34.5 Å². The summed E-state index contributed by atoms with van der Waals surface area (Å²) in [6, 6.07) is 0.195. The Labute approximate surface area is 95.3 Å². The molecule has 0 aliphatic carbocycles. The van der Waals surface area contributed by atoms with Crippen molar-refractivity contribution >= 4 is 0 Å². The van der Waals surface area contributed by atoms with Crippen LogP contribution in [0.25, 0.3) is 0 Å². The second-order valence-electron chi connectivity index (χ2n) is 3.49. The lowest BCUT2D eigenvalue weighted by Crippen LogP contribution is -2.32. The first-order valence-electron chi connectivity index (χ1n) is 5.26. The summed E-state index contributed by atoms with van der Waals surface area (Å²) in [6.45, 7) is 1.22. The maximum atomic E-state index is 5.13. The van der Waals surface area contributed by atoms with E-state index >= 15 is 0 Å². The molecule has 6 heteroatoms. The summed E-state index contributed by atoms with van der Waals surface area (Å²) < 4.78 is 15.1. The normalized spacial score (nSPS) is 12.9. The Morgan fingerprint density at radius 2 is 2.19 bits per heavy atom. The van der Waals surface area contributed by atoms with E-state index in [-0.39, 0.29) is 6.04 Å². The topological polar surface area (TPSA) is 69.4 Å². The van der Waals surface area contributed by atoms with Gasteiger partial charge in [-0.05, 0) is 7.05 Å². The number of ether oxygens (including phenoxy) is 2. The lowest BCUT2D eigenvalue weighted by Gasteiger charge is -2.11. The van der Waals surface area contributed by atoms with Crippen molar-refractivity contribution in [3.63, 3.8) is 0 Å². The minimum absolute atomic E-state index is 0.195. The van der Waals surface area contributed by atoms with Crippen molar-refractivity contribution in [3.05, 3.63) is 11.7 Å². The molecule has 6 nitrogen and oxygen atoms in total. The van der Waals surface area contributed by atoms with Gasteiger partial charge in [-0.1, -0.05) is 5.16 Å². The van der Waals surface area contributed by atoms with Gasteiger partial charge in [0.2, 0.25) is 5.89 Å². The molecule has 0 saturated carbocycles. The van der Waals surface area contributed by atoms with Gasteiger partial charge in [-0.15, -0.1) is 0 Å². The van der Waals surface area contributed by atoms with E-state index in [1.807, 2.05) is 7.05 Å². The zero-order valence-corrected chi connectivity index (χ0v) is 10.0. The van der Waals surface area contributed by atoms with Gasteiger partial charge in [0.05, 0.1) is 13.2 Å². The molecule has 1 N–H and O–H groups in total. The highest BCUT2D eigenvalue weighted by Crippen LogP contribution is 2.02. The van der Waals surface area contributed by atoms with Gasteiger partial charge >= 0.3 is 0 Å². The van der Waals surface area contributed by atoms with Gasteiger partial charge in [-0.2, -0.15) is 4.98 Å². The van der Waals surface area contributed by atoms with Gasteiger partial charge in [-0.3, -0.25) is 0 Å². The Hall–Kier alpha value is -0.980. The van der Waals surface area contributed by atoms with E-state index in [1.165, 1.54) is 0 Å². The quantitative estimate of drug-likeness (QED) is 0.678. The molecule has 0 amide bonds. The molecule has 0 saturated heterocycles. The smallest absolute Gasteiger partial charge is 0.228 e. The van der Waals surface area contributed by atoms with Crippen LogP contribution >= 0.6 is 0 Å². The molecular formula is C10H19N3O3. The number of nitrogens with one attached hydrogen (secondary N) is 1. The van der Waals surface area contributed by atoms with Crippen molar-refractivity contribution < 1.29 is 14.0 Å². The summed E-state index contributed by atoms with van der Waals surface area (Å²) >= 11 is 0. The van der Waals surface area contributed by atoms with Crippen molar-refractivity contribution in [2.45, 2.75) is 18.9 Å². The first-order chi connectivity index (χ1) is 7.80. The van der Waals surface area contributed by atoms with Crippen LogP contribution in [0.1, 0.15) is 11.7 Å². The standard InChI is InChI=1S/C10H19N3O3/c1-11-8(7-15-3)6-10-12-9(13-16-10)4-5-14-2/h8,11H,4-7H2,1-3H3. The Morgan fingerprint density at radius 3 is 2.81 bits per heavy atom. The van der Waals surface area contributed by atoms with E-state index in [0.717, 1.165) is 0 Å². The third-order valence-electron chi connectivity index (χ3n) is 2.24. The first-order valence-corrected chi connectivity index (χ1v) is 5.26. The number of hydrogen-bond acceptors (Lipinski definition) is 6. The van der Waals surface area contributed by atoms with E-state index in [0.29, 0.717) is 37.8 Å². The molecule has 1 heterocycles. The average Bonchev–Trinajstić information content (AvgIpc) is 2.73. The molecular weight excluding hydrogens is 210 g/mol. The second-order valence-corrected chi connectivity index (χ2v) is 3.49. The fourth-order valence-electron chi connectivity index (χ4n) is 1.32. The zero-order valence-electron chi connectivity index (χ0n) is 10.0. The van der Waals surface area contributed by atoms with Crippen molar-refractivity contribution in [1.82, 2.24) is 15.5 Å². The van der Waals surface area contributed by atoms with Crippen LogP contribution in [0, 0.1) is 0 Å². The van der Waals surface area contributed by atoms with E-state index in [9.17, 15) is 0 Å². The number of likely N-dealkylation sites (N-methyl/N-ethyl adjacent to an activating group) is 1. The largest absolute Gasteiger partial charge is 0.384 e. The Balaban J connectivity index is 2.43. The monoisotopic (exact) mass is 229 g/mol. The van der Waals surface area contributed by atoms with Crippen molar-refractivity contribution in [3.8, 4) is 0 Å². The molecule has 0 radical (unpaired) electrons. The predicted molar refractivity (Wildman–Crippen MR) is 58.3 cm³/mol. The fraction of sp³-hybridized carbons (Fsp3) is 0.800. The van der Waals surface area contributed by atoms with Gasteiger partial charge in [0.15, 0.2) is 5.82 Å². The molecule has 1 atom stereocenters. The molecule has 0 aromatic carbocycles. The van der Waals surface area contributed by atoms with Crippen LogP contribution in [0.4, 0.5) is 0 Å². The highest BCUT2D eigenvalue weighted by molar-refractivity contribution is 4.89. The van der Waals surface area contributed by atoms with Crippen LogP contribution in [0.3, 0.4) is 0 Å². The van der Waals surface area contributed by atoms with E-state index in [4.69, 9.17) is 14.0 Å². The fourth-order valence-corrected chi connectivity index (χ4v) is 1.32. The molecule has 16 heavy (non-hydrogen) atoms. The zero-order chi connectivity index (χ0) is 11.8. The number of hydrogen-bond donors (Lipinski definition) is 1. The predicted octanol–water partition coefficient (Wildman–Crippen LogP) is 0.0354. The lowest BCUT2D eigenvalue weighted by molar-refractivity contribution is 0.165. The minimum atomic E-state index is 0.195. The second kappa shape index (κ2) is 7.32. The first kappa shape index (κ1) is 13.1. The molecule has 1 rings (SSSR count). The molecule has 0 bridgehead atoms. The molecule has 1 aromatic rings. The van der Waals surface area contributed by atoms with Gasteiger partial charge in [0.25, 0.3) is 0 Å². The maximum absolute atomic E-state index is 5.13. The molecule has 0 aliphatic rings. The number of methoxy groups -OCH3 is 2. The molecule has 1 aromatic heterocycles. The molecule has 0 aliphatic heterocycles. The highest BCUT2D eigenvalue weighted by atomic mass is 16.5. The van der Waals surface area contributed by atoms with Crippen molar-refractivity contribution in [2.24, 2.45) is 0 Å². The Kier molecular flexibility index (Phi) is 5.99. The number of nitrogens with zero attached hydrogens (tertiary/aromatic N) is 2. The van der Waals surface area contributed by atoms with Crippen molar-refractivity contribution in [1.29, 1.82) is 0 Å².